The fourth-order valence-electron chi connectivity index (χ4n) is 3.16. The molecule has 1 aromatic heterocycles. The van der Waals surface area contributed by atoms with E-state index >= 15 is 0 Å². The summed E-state index contributed by atoms with van der Waals surface area (Å²) in [6.07, 6.45) is 1.58. The van der Waals surface area contributed by atoms with Crippen LogP contribution in [0.4, 0.5) is 5.82 Å². The molecule has 6 heteroatoms. The monoisotopic (exact) mass is 386 g/mol. The van der Waals surface area contributed by atoms with E-state index in [4.69, 9.17) is 4.74 Å². The van der Waals surface area contributed by atoms with E-state index in [9.17, 15) is 4.79 Å². The summed E-state index contributed by atoms with van der Waals surface area (Å²) in [7, 11) is 0. The molecule has 1 N–H and O–H groups in total. The first kappa shape index (κ1) is 18.8. The second-order valence-corrected chi connectivity index (χ2v) is 6.64. The number of carbonyl (C=O) groups excluding carboxylic acids is 1. The molecule has 4 rings (SSSR count). The largest absolute Gasteiger partial charge is 0.378 e. The number of anilines is 1. The first-order valence-corrected chi connectivity index (χ1v) is 9.59. The third kappa shape index (κ3) is 4.67. The molecule has 0 atom stereocenters. The maximum absolute atomic E-state index is 12.6. The number of aromatic nitrogens is 1. The zero-order chi connectivity index (χ0) is 19.9. The number of pyridine rings is 1. The van der Waals surface area contributed by atoms with Crippen LogP contribution in [0.5, 0.6) is 0 Å². The highest BCUT2D eigenvalue weighted by atomic mass is 16.5. The van der Waals surface area contributed by atoms with Gasteiger partial charge >= 0.3 is 0 Å². The summed E-state index contributed by atoms with van der Waals surface area (Å²) < 4.78 is 5.36. The number of hydrazone groups is 1. The molecule has 1 aliphatic rings. The van der Waals surface area contributed by atoms with Crippen LogP contribution in [-0.2, 0) is 4.74 Å². The van der Waals surface area contributed by atoms with Crippen molar-refractivity contribution in [3.63, 3.8) is 0 Å². The first-order chi connectivity index (χ1) is 14.3. The lowest BCUT2D eigenvalue weighted by molar-refractivity contribution is 0.0954. The van der Waals surface area contributed by atoms with E-state index in [1.807, 2.05) is 66.7 Å². The highest BCUT2D eigenvalue weighted by Crippen LogP contribution is 2.14. The second-order valence-electron chi connectivity index (χ2n) is 6.64. The van der Waals surface area contributed by atoms with E-state index < -0.39 is 0 Å². The zero-order valence-corrected chi connectivity index (χ0v) is 16.0. The standard InChI is InChI=1S/C23H22N4O2/c28-23(20-11-12-21(24-17-20)27-13-15-29-16-14-27)26-25-22(18-7-3-1-4-8-18)19-9-5-2-6-10-19/h1-12,17H,13-16H2,(H,26,28). The van der Waals surface area contributed by atoms with Crippen molar-refractivity contribution in [2.24, 2.45) is 5.10 Å². The van der Waals surface area contributed by atoms with E-state index in [2.05, 4.69) is 20.4 Å². The third-order valence-electron chi connectivity index (χ3n) is 4.71. The Balaban J connectivity index is 1.52. The Morgan fingerprint density at radius 2 is 1.48 bits per heavy atom. The predicted molar refractivity (Wildman–Crippen MR) is 113 cm³/mol. The quantitative estimate of drug-likeness (QED) is 0.541. The highest BCUT2D eigenvalue weighted by molar-refractivity contribution is 6.13. The van der Waals surface area contributed by atoms with E-state index in [1.165, 1.54) is 0 Å². The lowest BCUT2D eigenvalue weighted by Crippen LogP contribution is -2.36. The Bertz CT molecular complexity index is 925. The number of amides is 1. The molecular formula is C23H22N4O2. The van der Waals surface area contributed by atoms with Crippen LogP contribution >= 0.6 is 0 Å². The number of morpholine rings is 1. The van der Waals surface area contributed by atoms with Gasteiger partial charge in [-0.1, -0.05) is 60.7 Å². The number of rotatable bonds is 5. The minimum absolute atomic E-state index is 0.296. The number of nitrogens with zero attached hydrogens (tertiary/aromatic N) is 3. The van der Waals surface area contributed by atoms with Crippen molar-refractivity contribution in [2.45, 2.75) is 0 Å². The molecule has 146 valence electrons. The molecule has 1 amide bonds. The van der Waals surface area contributed by atoms with Gasteiger partial charge in [-0.3, -0.25) is 4.79 Å². The van der Waals surface area contributed by atoms with E-state index in [0.29, 0.717) is 24.5 Å². The molecule has 0 unspecified atom stereocenters. The van der Waals surface area contributed by atoms with E-state index in [-0.39, 0.29) is 5.91 Å². The summed E-state index contributed by atoms with van der Waals surface area (Å²) in [6.45, 7) is 3.00. The van der Waals surface area contributed by atoms with Gasteiger partial charge in [0.15, 0.2) is 0 Å². The normalized spacial score (nSPS) is 13.6. The van der Waals surface area contributed by atoms with Gasteiger partial charge in [-0.2, -0.15) is 5.10 Å². The van der Waals surface area contributed by atoms with Gasteiger partial charge in [0.2, 0.25) is 0 Å². The van der Waals surface area contributed by atoms with Crippen molar-refractivity contribution in [2.75, 3.05) is 31.2 Å². The third-order valence-corrected chi connectivity index (χ3v) is 4.71. The van der Waals surface area contributed by atoms with Crippen LogP contribution in [0.1, 0.15) is 21.5 Å². The van der Waals surface area contributed by atoms with Crippen LogP contribution in [0, 0.1) is 0 Å². The molecule has 0 aliphatic carbocycles. The van der Waals surface area contributed by atoms with Gasteiger partial charge in [0.05, 0.1) is 24.5 Å². The number of hydrogen-bond acceptors (Lipinski definition) is 5. The molecule has 1 fully saturated rings. The van der Waals surface area contributed by atoms with Crippen LogP contribution in [0.15, 0.2) is 84.1 Å². The van der Waals surface area contributed by atoms with Gasteiger partial charge in [-0.15, -0.1) is 0 Å². The molecular weight excluding hydrogens is 364 g/mol. The SMILES string of the molecule is O=C(NN=C(c1ccccc1)c1ccccc1)c1ccc(N2CCOCC2)nc1. The van der Waals surface area contributed by atoms with Gasteiger partial charge in [0.25, 0.3) is 5.91 Å². The number of benzene rings is 2. The summed E-state index contributed by atoms with van der Waals surface area (Å²) in [5.41, 5.74) is 5.70. The van der Waals surface area contributed by atoms with Crippen molar-refractivity contribution in [1.29, 1.82) is 0 Å². The average Bonchev–Trinajstić information content (AvgIpc) is 2.81. The topological polar surface area (TPSA) is 66.8 Å². The summed E-state index contributed by atoms with van der Waals surface area (Å²) in [6, 6.07) is 23.2. The summed E-state index contributed by atoms with van der Waals surface area (Å²) >= 11 is 0. The average molecular weight is 386 g/mol. The van der Waals surface area contributed by atoms with Crippen LogP contribution < -0.4 is 10.3 Å². The minimum Gasteiger partial charge on any atom is -0.378 e. The van der Waals surface area contributed by atoms with E-state index in [1.54, 1.807) is 12.3 Å². The second kappa shape index (κ2) is 9.12. The van der Waals surface area contributed by atoms with Gasteiger partial charge in [-0.25, -0.2) is 10.4 Å². The first-order valence-electron chi connectivity index (χ1n) is 9.59. The Morgan fingerprint density at radius 3 is 2.03 bits per heavy atom. The van der Waals surface area contributed by atoms with Crippen molar-refractivity contribution in [3.8, 4) is 0 Å². The lowest BCUT2D eigenvalue weighted by Gasteiger charge is -2.27. The smallest absolute Gasteiger partial charge is 0.272 e. The molecule has 0 saturated carbocycles. The van der Waals surface area contributed by atoms with Crippen LogP contribution in [0.2, 0.25) is 0 Å². The fourth-order valence-corrected chi connectivity index (χ4v) is 3.16. The molecule has 6 nitrogen and oxygen atoms in total. The van der Waals surface area contributed by atoms with Gasteiger partial charge in [-0.05, 0) is 12.1 Å². The van der Waals surface area contributed by atoms with Crippen molar-refractivity contribution in [3.05, 3.63) is 95.7 Å². The van der Waals surface area contributed by atoms with Crippen molar-refractivity contribution < 1.29 is 9.53 Å². The molecule has 0 bridgehead atoms. The Kier molecular flexibility index (Phi) is 5.92. The number of carbonyl (C=O) groups is 1. The van der Waals surface area contributed by atoms with Gasteiger partial charge in [0.1, 0.15) is 5.82 Å². The number of ether oxygens (including phenoxy) is 1. The van der Waals surface area contributed by atoms with Gasteiger partial charge in [0, 0.05) is 30.4 Å². The molecule has 1 aliphatic heterocycles. The maximum Gasteiger partial charge on any atom is 0.272 e. The molecule has 2 heterocycles. The predicted octanol–water partition coefficient (Wildman–Crippen LogP) is 3.10. The fraction of sp³-hybridized carbons (Fsp3) is 0.174. The number of hydrogen-bond donors (Lipinski definition) is 1. The van der Waals surface area contributed by atoms with E-state index in [0.717, 1.165) is 30.0 Å². The van der Waals surface area contributed by atoms with Crippen LogP contribution in [0.25, 0.3) is 0 Å². The maximum atomic E-state index is 12.6. The van der Waals surface area contributed by atoms with Crippen LogP contribution in [0.3, 0.4) is 0 Å². The van der Waals surface area contributed by atoms with Crippen molar-refractivity contribution in [1.82, 2.24) is 10.4 Å². The molecule has 3 aromatic rings. The minimum atomic E-state index is -0.296. The molecule has 0 spiro atoms. The Morgan fingerprint density at radius 1 is 0.862 bits per heavy atom. The highest BCUT2D eigenvalue weighted by Gasteiger charge is 2.14. The summed E-state index contributed by atoms with van der Waals surface area (Å²) in [4.78, 5) is 19.2. The lowest BCUT2D eigenvalue weighted by atomic mass is 10.0. The van der Waals surface area contributed by atoms with Gasteiger partial charge < -0.3 is 9.64 Å². The summed E-state index contributed by atoms with van der Waals surface area (Å²) in [5.74, 6) is 0.554. The molecule has 29 heavy (non-hydrogen) atoms. The molecule has 1 saturated heterocycles. The Hall–Kier alpha value is -3.51. The van der Waals surface area contributed by atoms with Crippen LogP contribution in [-0.4, -0.2) is 42.9 Å². The molecule has 0 radical (unpaired) electrons. The zero-order valence-electron chi connectivity index (χ0n) is 16.0. The summed E-state index contributed by atoms with van der Waals surface area (Å²) in [5, 5.41) is 4.42. The Labute approximate surface area is 169 Å². The molecule has 2 aromatic carbocycles. The number of nitrogens with one attached hydrogen (secondary N) is 1. The van der Waals surface area contributed by atoms with Crippen molar-refractivity contribution >= 4 is 17.4 Å².